The maximum absolute atomic E-state index is 12.5. The summed E-state index contributed by atoms with van der Waals surface area (Å²) >= 11 is 6.30. The zero-order chi connectivity index (χ0) is 21.8. The van der Waals surface area contributed by atoms with E-state index in [9.17, 15) is 19.7 Å². The lowest BCUT2D eigenvalue weighted by molar-refractivity contribution is -0.384. The number of rotatable bonds is 6. The predicted octanol–water partition coefficient (Wildman–Crippen LogP) is 2.38. The maximum Gasteiger partial charge on any atom is 0.327 e. The standard InChI is InChI=1S/C20H21ClN4O5/c1-30-20(27)18(14-4-2-3-5-15(14)21)24-10-8-23(9-11-24)16-7-6-13(19(22)26)12-17(16)25(28)29/h2-7,12,18H,8-11H2,1H3,(H2,22,26). The second-order valence-corrected chi connectivity index (χ2v) is 7.20. The van der Waals surface area contributed by atoms with Crippen molar-refractivity contribution in [3.8, 4) is 0 Å². The van der Waals surface area contributed by atoms with E-state index in [1.807, 2.05) is 9.80 Å². The molecule has 9 nitrogen and oxygen atoms in total. The highest BCUT2D eigenvalue weighted by Crippen LogP contribution is 2.33. The van der Waals surface area contributed by atoms with Crippen molar-refractivity contribution >= 4 is 34.9 Å². The lowest BCUT2D eigenvalue weighted by Crippen LogP contribution is -2.49. The average Bonchev–Trinajstić information content (AvgIpc) is 2.75. The summed E-state index contributed by atoms with van der Waals surface area (Å²) in [5.74, 6) is -1.15. The molecule has 1 fully saturated rings. The van der Waals surface area contributed by atoms with E-state index < -0.39 is 22.8 Å². The number of nitrogens with two attached hydrogens (primary N) is 1. The molecule has 0 bridgehead atoms. The van der Waals surface area contributed by atoms with Gasteiger partial charge in [-0.1, -0.05) is 29.8 Å². The Morgan fingerprint density at radius 3 is 2.40 bits per heavy atom. The van der Waals surface area contributed by atoms with E-state index in [0.29, 0.717) is 42.5 Å². The Labute approximate surface area is 178 Å². The molecule has 0 aromatic heterocycles. The molecule has 0 saturated carbocycles. The number of methoxy groups -OCH3 is 1. The topological polar surface area (TPSA) is 119 Å². The second kappa shape index (κ2) is 9.10. The van der Waals surface area contributed by atoms with E-state index in [2.05, 4.69) is 0 Å². The molecule has 0 aliphatic carbocycles. The van der Waals surface area contributed by atoms with E-state index in [1.165, 1.54) is 25.3 Å². The van der Waals surface area contributed by atoms with Crippen LogP contribution in [-0.4, -0.2) is 55.0 Å². The van der Waals surface area contributed by atoms with Crippen LogP contribution in [0, 0.1) is 10.1 Å². The van der Waals surface area contributed by atoms with Crippen LogP contribution in [0.4, 0.5) is 11.4 Å². The molecule has 0 spiro atoms. The molecular formula is C20H21ClN4O5. The fourth-order valence-corrected chi connectivity index (χ4v) is 3.83. The summed E-state index contributed by atoms with van der Waals surface area (Å²) in [5.41, 5.74) is 6.18. The number of halogens is 1. The highest BCUT2D eigenvalue weighted by atomic mass is 35.5. The number of benzene rings is 2. The van der Waals surface area contributed by atoms with Gasteiger partial charge in [-0.3, -0.25) is 19.8 Å². The Morgan fingerprint density at radius 2 is 1.83 bits per heavy atom. The SMILES string of the molecule is COC(=O)C(c1ccccc1Cl)N1CCN(c2ccc(C(N)=O)cc2[N+](=O)[O-])CC1. The third-order valence-corrected chi connectivity index (χ3v) is 5.45. The van der Waals surface area contributed by atoms with Crippen LogP contribution in [-0.2, 0) is 9.53 Å². The Hall–Kier alpha value is -3.17. The van der Waals surface area contributed by atoms with E-state index in [-0.39, 0.29) is 11.3 Å². The molecule has 1 heterocycles. The lowest BCUT2D eigenvalue weighted by Gasteiger charge is -2.39. The van der Waals surface area contributed by atoms with E-state index >= 15 is 0 Å². The number of esters is 1. The van der Waals surface area contributed by atoms with Crippen LogP contribution in [0.25, 0.3) is 0 Å². The summed E-state index contributed by atoms with van der Waals surface area (Å²) in [4.78, 5) is 38.6. The highest BCUT2D eigenvalue weighted by molar-refractivity contribution is 6.31. The van der Waals surface area contributed by atoms with Gasteiger partial charge in [0.05, 0.1) is 12.0 Å². The van der Waals surface area contributed by atoms with Crippen LogP contribution >= 0.6 is 11.6 Å². The normalized spacial score (nSPS) is 15.5. The smallest absolute Gasteiger partial charge is 0.327 e. The van der Waals surface area contributed by atoms with Crippen molar-refractivity contribution < 1.29 is 19.2 Å². The van der Waals surface area contributed by atoms with Gasteiger partial charge in [-0.05, 0) is 23.8 Å². The summed E-state index contributed by atoms with van der Waals surface area (Å²) in [6.07, 6.45) is 0. The van der Waals surface area contributed by atoms with E-state index in [4.69, 9.17) is 22.1 Å². The largest absolute Gasteiger partial charge is 0.468 e. The van der Waals surface area contributed by atoms with Crippen molar-refractivity contribution in [1.29, 1.82) is 0 Å². The lowest BCUT2D eigenvalue weighted by atomic mass is 10.0. The van der Waals surface area contributed by atoms with Gasteiger partial charge in [0, 0.05) is 42.8 Å². The number of nitrogens with zero attached hydrogens (tertiary/aromatic N) is 3. The van der Waals surface area contributed by atoms with Gasteiger partial charge in [0.1, 0.15) is 11.7 Å². The molecule has 158 valence electrons. The maximum atomic E-state index is 12.5. The van der Waals surface area contributed by atoms with Crippen molar-refractivity contribution in [3.05, 3.63) is 68.7 Å². The van der Waals surface area contributed by atoms with E-state index in [1.54, 1.807) is 24.3 Å². The van der Waals surface area contributed by atoms with Crippen LogP contribution in [0.3, 0.4) is 0 Å². The Morgan fingerprint density at radius 1 is 1.17 bits per heavy atom. The van der Waals surface area contributed by atoms with Gasteiger partial charge >= 0.3 is 5.97 Å². The molecule has 1 unspecified atom stereocenters. The number of carbonyl (C=O) groups is 2. The van der Waals surface area contributed by atoms with Crippen LogP contribution in [0.5, 0.6) is 0 Å². The van der Waals surface area contributed by atoms with Crippen LogP contribution < -0.4 is 10.6 Å². The molecule has 3 rings (SSSR count). The van der Waals surface area contributed by atoms with Crippen molar-refractivity contribution in [1.82, 2.24) is 4.90 Å². The first kappa shape index (κ1) is 21.5. The van der Waals surface area contributed by atoms with Gasteiger partial charge in [-0.25, -0.2) is 4.79 Å². The van der Waals surface area contributed by atoms with Crippen LogP contribution in [0.2, 0.25) is 5.02 Å². The number of hydrogen-bond acceptors (Lipinski definition) is 7. The van der Waals surface area contributed by atoms with Crippen LogP contribution in [0.15, 0.2) is 42.5 Å². The molecule has 2 aromatic rings. The summed E-state index contributed by atoms with van der Waals surface area (Å²) in [6, 6.07) is 10.6. The first-order chi connectivity index (χ1) is 14.3. The van der Waals surface area contributed by atoms with Gasteiger partial charge in [0.15, 0.2) is 0 Å². The van der Waals surface area contributed by atoms with Gasteiger partial charge in [0.25, 0.3) is 5.69 Å². The quantitative estimate of drug-likeness (QED) is 0.422. The average molecular weight is 433 g/mol. The molecule has 2 N–H and O–H groups in total. The zero-order valence-corrected chi connectivity index (χ0v) is 17.0. The number of anilines is 1. The number of hydrogen-bond donors (Lipinski definition) is 1. The predicted molar refractivity (Wildman–Crippen MR) is 112 cm³/mol. The summed E-state index contributed by atoms with van der Waals surface area (Å²) in [7, 11) is 1.33. The molecule has 30 heavy (non-hydrogen) atoms. The molecule has 1 atom stereocenters. The molecule has 1 amide bonds. The fourth-order valence-electron chi connectivity index (χ4n) is 3.59. The summed E-state index contributed by atoms with van der Waals surface area (Å²) in [5, 5.41) is 12.0. The Balaban J connectivity index is 1.83. The number of piperazine rings is 1. The Bertz CT molecular complexity index is 975. The van der Waals surface area contributed by atoms with Crippen molar-refractivity contribution in [2.45, 2.75) is 6.04 Å². The minimum Gasteiger partial charge on any atom is -0.468 e. The van der Waals surface area contributed by atoms with Gasteiger partial charge in [-0.15, -0.1) is 0 Å². The molecule has 2 aromatic carbocycles. The van der Waals surface area contributed by atoms with Gasteiger partial charge in [-0.2, -0.15) is 0 Å². The Kier molecular flexibility index (Phi) is 6.53. The third kappa shape index (κ3) is 4.37. The molecule has 1 saturated heterocycles. The van der Waals surface area contributed by atoms with Crippen molar-refractivity contribution in [2.24, 2.45) is 5.73 Å². The molecular weight excluding hydrogens is 412 g/mol. The number of nitro groups is 1. The minimum atomic E-state index is -0.727. The monoisotopic (exact) mass is 432 g/mol. The molecule has 0 radical (unpaired) electrons. The molecule has 10 heteroatoms. The minimum absolute atomic E-state index is 0.0774. The van der Waals surface area contributed by atoms with E-state index in [0.717, 1.165) is 0 Å². The zero-order valence-electron chi connectivity index (χ0n) is 16.3. The van der Waals surface area contributed by atoms with Crippen LogP contribution in [0.1, 0.15) is 22.0 Å². The third-order valence-electron chi connectivity index (χ3n) is 5.10. The number of nitro benzene ring substituents is 1. The number of carbonyl (C=O) groups excluding carboxylic acids is 2. The summed E-state index contributed by atoms with van der Waals surface area (Å²) in [6.45, 7) is 1.79. The van der Waals surface area contributed by atoms with Crippen molar-refractivity contribution in [3.63, 3.8) is 0 Å². The summed E-state index contributed by atoms with van der Waals surface area (Å²) < 4.78 is 4.99. The number of primary amides is 1. The first-order valence-corrected chi connectivity index (χ1v) is 9.60. The second-order valence-electron chi connectivity index (χ2n) is 6.80. The van der Waals surface area contributed by atoms with Crippen molar-refractivity contribution in [2.75, 3.05) is 38.2 Å². The molecule has 1 aliphatic heterocycles. The first-order valence-electron chi connectivity index (χ1n) is 9.23. The highest BCUT2D eigenvalue weighted by Gasteiger charge is 2.33. The number of amides is 1. The molecule has 1 aliphatic rings. The fraction of sp³-hybridized carbons (Fsp3) is 0.300. The number of ether oxygens (including phenoxy) is 1. The van der Waals surface area contributed by atoms with Gasteiger partial charge in [0.2, 0.25) is 5.91 Å². The van der Waals surface area contributed by atoms with Gasteiger partial charge < -0.3 is 15.4 Å².